The van der Waals surface area contributed by atoms with Crippen molar-refractivity contribution in [2.45, 2.75) is 51.9 Å². The molecule has 7 heteroatoms. The molecule has 1 fully saturated rings. The van der Waals surface area contributed by atoms with Gasteiger partial charge in [-0.25, -0.2) is 9.89 Å². The molecule has 0 saturated carbocycles. The van der Waals surface area contributed by atoms with E-state index in [2.05, 4.69) is 15.5 Å². The van der Waals surface area contributed by atoms with Gasteiger partial charge in [-0.15, -0.1) is 0 Å². The molecule has 2 N–H and O–H groups in total. The van der Waals surface area contributed by atoms with Crippen LogP contribution in [0.2, 0.25) is 0 Å². The molecular formula is C18H23N3O4. The summed E-state index contributed by atoms with van der Waals surface area (Å²) in [5.74, 6) is 0. The van der Waals surface area contributed by atoms with Crippen molar-refractivity contribution in [3.63, 3.8) is 0 Å². The van der Waals surface area contributed by atoms with E-state index in [4.69, 9.17) is 9.47 Å². The topological polar surface area (TPSA) is 93.3 Å². The van der Waals surface area contributed by atoms with Crippen molar-refractivity contribution in [2.24, 2.45) is 0 Å². The molecule has 2 heterocycles. The minimum Gasteiger partial charge on any atom is -0.444 e. The Morgan fingerprint density at radius 2 is 2.24 bits per heavy atom. The number of nitrogens with zero attached hydrogens (tertiary/aromatic N) is 1. The second kappa shape index (κ2) is 6.84. The number of aromatic amines is 1. The predicted octanol–water partition coefficient (Wildman–Crippen LogP) is 2.80. The highest BCUT2D eigenvalue weighted by molar-refractivity contribution is 5.87. The van der Waals surface area contributed by atoms with E-state index >= 15 is 0 Å². The van der Waals surface area contributed by atoms with Gasteiger partial charge in [-0.1, -0.05) is 18.2 Å². The van der Waals surface area contributed by atoms with Crippen LogP contribution < -0.4 is 10.9 Å². The van der Waals surface area contributed by atoms with Gasteiger partial charge in [0.25, 0.3) is 5.56 Å². The first-order valence-electron chi connectivity index (χ1n) is 8.44. The van der Waals surface area contributed by atoms with Crippen LogP contribution >= 0.6 is 0 Å². The van der Waals surface area contributed by atoms with Gasteiger partial charge < -0.3 is 14.8 Å². The Morgan fingerprint density at radius 3 is 2.92 bits per heavy atom. The fraction of sp³-hybridized carbons (Fsp3) is 0.500. The first kappa shape index (κ1) is 17.4. The van der Waals surface area contributed by atoms with Crippen molar-refractivity contribution in [2.75, 3.05) is 6.61 Å². The van der Waals surface area contributed by atoms with Gasteiger partial charge in [0.2, 0.25) is 0 Å². The number of benzene rings is 1. The number of carbonyl (C=O) groups is 1. The van der Waals surface area contributed by atoms with E-state index in [0.29, 0.717) is 23.1 Å². The maximum atomic E-state index is 12.3. The van der Waals surface area contributed by atoms with Crippen LogP contribution in [0.15, 0.2) is 23.0 Å². The first-order valence-corrected chi connectivity index (χ1v) is 8.44. The molecule has 1 amide bonds. The van der Waals surface area contributed by atoms with Gasteiger partial charge in [-0.2, -0.15) is 5.10 Å². The first-order chi connectivity index (χ1) is 11.8. The van der Waals surface area contributed by atoms with Crippen LogP contribution in [0.1, 0.15) is 51.0 Å². The van der Waals surface area contributed by atoms with E-state index in [1.807, 2.05) is 18.2 Å². The van der Waals surface area contributed by atoms with Gasteiger partial charge in [0.05, 0.1) is 23.7 Å². The number of hydrogen-bond donors (Lipinski definition) is 2. The highest BCUT2D eigenvalue weighted by Gasteiger charge is 2.22. The fourth-order valence-corrected chi connectivity index (χ4v) is 2.99. The summed E-state index contributed by atoms with van der Waals surface area (Å²) in [7, 11) is 0. The SMILES string of the molecule is CC(C)(C)OC(=O)NCc1n[nH]c(=O)c2c([C@H]3CCCO3)cccc12. The molecule has 0 aliphatic carbocycles. The van der Waals surface area contributed by atoms with Crippen LogP contribution in [0.25, 0.3) is 10.8 Å². The van der Waals surface area contributed by atoms with Crippen molar-refractivity contribution in [1.82, 2.24) is 15.5 Å². The summed E-state index contributed by atoms with van der Waals surface area (Å²) < 4.78 is 11.0. The summed E-state index contributed by atoms with van der Waals surface area (Å²) in [5.41, 5.74) is 0.636. The number of aromatic nitrogens is 2. The van der Waals surface area contributed by atoms with Gasteiger partial charge in [-0.05, 0) is 39.2 Å². The number of H-pyrrole nitrogens is 1. The highest BCUT2D eigenvalue weighted by Crippen LogP contribution is 2.32. The average molecular weight is 345 g/mol. The molecular weight excluding hydrogens is 322 g/mol. The Balaban J connectivity index is 1.89. The van der Waals surface area contributed by atoms with Crippen LogP contribution in [0.5, 0.6) is 0 Å². The zero-order chi connectivity index (χ0) is 18.0. The van der Waals surface area contributed by atoms with Gasteiger partial charge in [0, 0.05) is 12.0 Å². The molecule has 1 atom stereocenters. The van der Waals surface area contributed by atoms with E-state index in [1.165, 1.54) is 0 Å². The third kappa shape index (κ3) is 3.99. The number of alkyl carbamates (subject to hydrolysis) is 1. The van der Waals surface area contributed by atoms with E-state index in [1.54, 1.807) is 20.8 Å². The van der Waals surface area contributed by atoms with Crippen molar-refractivity contribution >= 4 is 16.9 Å². The molecule has 1 aliphatic rings. The molecule has 7 nitrogen and oxygen atoms in total. The van der Waals surface area contributed by atoms with Crippen LogP contribution in [0, 0.1) is 0 Å². The Labute approximate surface area is 145 Å². The number of amides is 1. The predicted molar refractivity (Wildman–Crippen MR) is 93.4 cm³/mol. The molecule has 1 saturated heterocycles. The highest BCUT2D eigenvalue weighted by atomic mass is 16.6. The van der Waals surface area contributed by atoms with E-state index in [0.717, 1.165) is 18.4 Å². The molecule has 0 unspecified atom stereocenters. The molecule has 1 aliphatic heterocycles. The quantitative estimate of drug-likeness (QED) is 0.892. The molecule has 1 aromatic carbocycles. The average Bonchev–Trinajstić information content (AvgIpc) is 3.06. The van der Waals surface area contributed by atoms with Gasteiger partial charge in [0.1, 0.15) is 5.60 Å². The summed E-state index contributed by atoms with van der Waals surface area (Å²) >= 11 is 0. The van der Waals surface area contributed by atoms with Gasteiger partial charge in [0.15, 0.2) is 0 Å². The fourth-order valence-electron chi connectivity index (χ4n) is 2.99. The molecule has 1 aromatic heterocycles. The summed E-state index contributed by atoms with van der Waals surface area (Å²) in [5, 5.41) is 10.6. The Morgan fingerprint density at radius 1 is 1.44 bits per heavy atom. The normalized spacial score (nSPS) is 17.6. The summed E-state index contributed by atoms with van der Waals surface area (Å²) in [6.07, 6.45) is 1.28. The zero-order valence-electron chi connectivity index (χ0n) is 14.7. The molecule has 0 spiro atoms. The van der Waals surface area contributed by atoms with Crippen molar-refractivity contribution in [3.8, 4) is 0 Å². The smallest absolute Gasteiger partial charge is 0.407 e. The third-order valence-electron chi connectivity index (χ3n) is 4.00. The maximum absolute atomic E-state index is 12.3. The molecule has 3 rings (SSSR count). The van der Waals surface area contributed by atoms with E-state index in [9.17, 15) is 9.59 Å². The van der Waals surface area contributed by atoms with Crippen LogP contribution in [0.4, 0.5) is 4.79 Å². The number of nitrogens with one attached hydrogen (secondary N) is 2. The van der Waals surface area contributed by atoms with Crippen molar-refractivity contribution in [1.29, 1.82) is 0 Å². The van der Waals surface area contributed by atoms with E-state index in [-0.39, 0.29) is 18.2 Å². The maximum Gasteiger partial charge on any atom is 0.407 e. The largest absolute Gasteiger partial charge is 0.444 e. The lowest BCUT2D eigenvalue weighted by Gasteiger charge is -2.19. The Bertz CT molecular complexity index is 832. The number of rotatable bonds is 3. The number of carbonyl (C=O) groups excluding carboxylic acids is 1. The van der Waals surface area contributed by atoms with E-state index < -0.39 is 11.7 Å². The van der Waals surface area contributed by atoms with Crippen molar-refractivity contribution < 1.29 is 14.3 Å². The lowest BCUT2D eigenvalue weighted by Crippen LogP contribution is -2.32. The number of fused-ring (bicyclic) bond motifs is 1. The lowest BCUT2D eigenvalue weighted by atomic mass is 9.99. The second-order valence-corrected chi connectivity index (χ2v) is 7.13. The monoisotopic (exact) mass is 345 g/mol. The second-order valence-electron chi connectivity index (χ2n) is 7.13. The van der Waals surface area contributed by atoms with Gasteiger partial charge >= 0.3 is 6.09 Å². The Kier molecular flexibility index (Phi) is 4.76. The Hall–Kier alpha value is -2.41. The molecule has 0 radical (unpaired) electrons. The van der Waals surface area contributed by atoms with Crippen molar-refractivity contribution in [3.05, 3.63) is 39.8 Å². The number of hydrogen-bond acceptors (Lipinski definition) is 5. The summed E-state index contributed by atoms with van der Waals surface area (Å²) in [6, 6.07) is 5.64. The summed E-state index contributed by atoms with van der Waals surface area (Å²) in [4.78, 5) is 24.2. The molecule has 2 aromatic rings. The third-order valence-corrected chi connectivity index (χ3v) is 4.00. The minimum absolute atomic E-state index is 0.0705. The minimum atomic E-state index is -0.572. The summed E-state index contributed by atoms with van der Waals surface area (Å²) in [6.45, 7) is 6.27. The molecule has 25 heavy (non-hydrogen) atoms. The van der Waals surface area contributed by atoms with Crippen LogP contribution in [-0.4, -0.2) is 28.5 Å². The van der Waals surface area contributed by atoms with Crippen LogP contribution in [-0.2, 0) is 16.0 Å². The van der Waals surface area contributed by atoms with Gasteiger partial charge in [-0.3, -0.25) is 4.79 Å². The number of ether oxygens (including phenoxy) is 2. The zero-order valence-corrected chi connectivity index (χ0v) is 14.7. The van der Waals surface area contributed by atoms with Crippen LogP contribution in [0.3, 0.4) is 0 Å². The lowest BCUT2D eigenvalue weighted by molar-refractivity contribution is 0.0523. The standard InChI is InChI=1S/C18H23N3O4/c1-18(2,3)25-17(23)19-10-13-11-6-4-7-12(14-8-5-9-24-14)15(11)16(22)21-20-13/h4,6-7,14H,5,8-10H2,1-3H3,(H,19,23)(H,21,22)/t14-/m1/s1. The molecule has 0 bridgehead atoms. The molecule has 134 valence electrons.